The zero-order valence-electron chi connectivity index (χ0n) is 13.4. The summed E-state index contributed by atoms with van der Waals surface area (Å²) in [4.78, 5) is 37.6. The van der Waals surface area contributed by atoms with Crippen molar-refractivity contribution in [3.63, 3.8) is 0 Å². The summed E-state index contributed by atoms with van der Waals surface area (Å²) in [5.41, 5.74) is 4.72. The lowest BCUT2D eigenvalue weighted by atomic mass is 10.0. The molecule has 2 heterocycles. The Balaban J connectivity index is 1.57. The van der Waals surface area contributed by atoms with Crippen molar-refractivity contribution in [2.75, 3.05) is 6.54 Å². The van der Waals surface area contributed by atoms with Crippen molar-refractivity contribution in [1.82, 2.24) is 20.8 Å². The Morgan fingerprint density at radius 1 is 1.08 bits per heavy atom. The van der Waals surface area contributed by atoms with Crippen molar-refractivity contribution >= 4 is 28.2 Å². The molecule has 4 amide bonds. The smallest absolute Gasteiger partial charge is 0.309 e. The fraction of sp³-hybridized carbons (Fsp3) is 0.769. The van der Waals surface area contributed by atoms with Crippen LogP contribution in [0.4, 0.5) is 4.79 Å². The third-order valence-electron chi connectivity index (χ3n) is 4.83. The summed E-state index contributed by atoms with van der Waals surface area (Å²) in [5.74, 6) is -0.904. The highest BCUT2D eigenvalue weighted by Crippen LogP contribution is 2.30. The molecule has 3 N–H and O–H groups in total. The summed E-state index contributed by atoms with van der Waals surface area (Å²) in [5, 5.41) is 0.569. The van der Waals surface area contributed by atoms with Crippen LogP contribution in [0.5, 0.6) is 0 Å². The average Bonchev–Trinajstić information content (AvgIpc) is 3.16. The van der Waals surface area contributed by atoms with E-state index in [1.54, 1.807) is 0 Å². The molecule has 0 radical (unpaired) electrons. The molecular formula is C13H20N4O7S. The Labute approximate surface area is 144 Å². The molecule has 0 aromatic carbocycles. The van der Waals surface area contributed by atoms with E-state index in [4.69, 9.17) is 4.55 Å². The monoisotopic (exact) mass is 376 g/mol. The van der Waals surface area contributed by atoms with Gasteiger partial charge in [-0.25, -0.2) is 4.79 Å². The summed E-state index contributed by atoms with van der Waals surface area (Å²) >= 11 is 0. The van der Waals surface area contributed by atoms with Crippen molar-refractivity contribution in [3.05, 3.63) is 0 Å². The third kappa shape index (κ3) is 3.85. The van der Waals surface area contributed by atoms with Gasteiger partial charge in [-0.3, -0.25) is 25.0 Å². The summed E-state index contributed by atoms with van der Waals surface area (Å²) in [6, 6.07) is -2.23. The molecule has 140 valence electrons. The van der Waals surface area contributed by atoms with E-state index < -0.39 is 34.4 Å². The number of hydrazine groups is 1. The second kappa shape index (κ2) is 6.77. The Morgan fingerprint density at radius 2 is 1.72 bits per heavy atom. The van der Waals surface area contributed by atoms with E-state index >= 15 is 0 Å². The van der Waals surface area contributed by atoms with Crippen LogP contribution in [-0.2, 0) is 24.3 Å². The van der Waals surface area contributed by atoms with E-state index in [1.165, 1.54) is 0 Å². The summed E-state index contributed by atoms with van der Waals surface area (Å²) in [6.07, 6.45) is 4.17. The second-order valence-corrected chi connectivity index (χ2v) is 7.47. The molecule has 2 atom stereocenters. The van der Waals surface area contributed by atoms with Gasteiger partial charge in [0.1, 0.15) is 6.04 Å². The maximum atomic E-state index is 12.3. The van der Waals surface area contributed by atoms with Crippen LogP contribution < -0.4 is 10.9 Å². The van der Waals surface area contributed by atoms with Gasteiger partial charge in [-0.15, -0.1) is 4.28 Å². The molecule has 11 nitrogen and oxygen atoms in total. The predicted octanol–water partition coefficient (Wildman–Crippen LogP) is -0.673. The van der Waals surface area contributed by atoms with E-state index in [2.05, 4.69) is 15.1 Å². The molecule has 0 aromatic rings. The van der Waals surface area contributed by atoms with E-state index in [9.17, 15) is 22.8 Å². The lowest BCUT2D eigenvalue weighted by Crippen LogP contribution is -2.54. The largest absolute Gasteiger partial charge is 0.418 e. The van der Waals surface area contributed by atoms with Gasteiger partial charge in [-0.05, 0) is 25.7 Å². The highest BCUT2D eigenvalue weighted by atomic mass is 32.3. The summed E-state index contributed by atoms with van der Waals surface area (Å²) in [7, 11) is -4.83. The van der Waals surface area contributed by atoms with Gasteiger partial charge in [0.25, 0.3) is 5.91 Å². The van der Waals surface area contributed by atoms with Crippen molar-refractivity contribution in [3.8, 4) is 0 Å². The predicted molar refractivity (Wildman–Crippen MR) is 81.6 cm³/mol. The number of amides is 4. The first kappa shape index (κ1) is 17.9. The van der Waals surface area contributed by atoms with Gasteiger partial charge in [-0.1, -0.05) is 12.8 Å². The minimum atomic E-state index is -4.83. The number of hydroxylamine groups is 2. The Bertz CT molecular complexity index is 676. The third-order valence-corrected chi connectivity index (χ3v) is 5.18. The van der Waals surface area contributed by atoms with Crippen LogP contribution in [0.3, 0.4) is 0 Å². The molecule has 1 aliphatic carbocycles. The molecule has 2 bridgehead atoms. The second-order valence-electron chi connectivity index (χ2n) is 6.47. The lowest BCUT2D eigenvalue weighted by Gasteiger charge is -2.29. The molecule has 25 heavy (non-hydrogen) atoms. The number of carbonyl (C=O) groups excluding carboxylic acids is 3. The first-order valence-electron chi connectivity index (χ1n) is 8.13. The first-order chi connectivity index (χ1) is 11.8. The van der Waals surface area contributed by atoms with Gasteiger partial charge in [0.2, 0.25) is 5.91 Å². The van der Waals surface area contributed by atoms with E-state index in [-0.39, 0.29) is 24.8 Å². The van der Waals surface area contributed by atoms with Crippen molar-refractivity contribution in [2.45, 2.75) is 50.6 Å². The van der Waals surface area contributed by atoms with Crippen molar-refractivity contribution < 1.29 is 31.6 Å². The molecule has 3 rings (SSSR count). The van der Waals surface area contributed by atoms with Crippen LogP contribution in [0.15, 0.2) is 0 Å². The number of piperidine rings is 1. The quantitative estimate of drug-likeness (QED) is 0.435. The average molecular weight is 376 g/mol. The minimum absolute atomic E-state index is 0.100. The Morgan fingerprint density at radius 3 is 2.36 bits per heavy atom. The summed E-state index contributed by atoms with van der Waals surface area (Å²) in [6.45, 7) is 0.100. The molecule has 3 aliphatic rings. The van der Waals surface area contributed by atoms with Crippen LogP contribution in [0.1, 0.15) is 38.5 Å². The molecule has 2 aliphatic heterocycles. The molecule has 3 fully saturated rings. The molecule has 12 heteroatoms. The van der Waals surface area contributed by atoms with Gasteiger partial charge in [0.05, 0.1) is 6.04 Å². The SMILES string of the molecule is O=C(NNC(=O)[C@@H]1CCC2CN1C(=O)N2OS(=O)(=O)O)C1CCCC1. The van der Waals surface area contributed by atoms with Crippen LogP contribution in [0.2, 0.25) is 0 Å². The minimum Gasteiger partial charge on any atom is -0.309 e. The number of nitrogens with one attached hydrogen (secondary N) is 2. The molecule has 1 saturated carbocycles. The Kier molecular flexibility index (Phi) is 4.84. The first-order valence-corrected chi connectivity index (χ1v) is 9.49. The zero-order valence-corrected chi connectivity index (χ0v) is 14.2. The highest BCUT2D eigenvalue weighted by molar-refractivity contribution is 7.80. The van der Waals surface area contributed by atoms with E-state index in [1.807, 2.05) is 0 Å². The van der Waals surface area contributed by atoms with Crippen LogP contribution in [-0.4, -0.2) is 59.4 Å². The fourth-order valence-corrected chi connectivity index (χ4v) is 3.99. The Hall–Kier alpha value is -1.92. The molecule has 0 spiro atoms. The fourth-order valence-electron chi connectivity index (χ4n) is 3.60. The van der Waals surface area contributed by atoms with Gasteiger partial charge >= 0.3 is 16.4 Å². The lowest BCUT2D eigenvalue weighted by molar-refractivity contribution is -0.133. The highest BCUT2D eigenvalue weighted by Gasteiger charge is 2.49. The maximum absolute atomic E-state index is 12.3. The molecule has 0 aromatic heterocycles. The molecular weight excluding hydrogens is 356 g/mol. The van der Waals surface area contributed by atoms with Crippen molar-refractivity contribution in [2.24, 2.45) is 5.92 Å². The zero-order chi connectivity index (χ0) is 18.2. The normalized spacial score (nSPS) is 26.8. The van der Waals surface area contributed by atoms with Crippen LogP contribution in [0, 0.1) is 5.92 Å². The molecule has 2 saturated heterocycles. The molecule has 1 unspecified atom stereocenters. The van der Waals surface area contributed by atoms with Gasteiger partial charge in [-0.2, -0.15) is 13.5 Å². The van der Waals surface area contributed by atoms with E-state index in [0.29, 0.717) is 11.5 Å². The number of hydrogen-bond donors (Lipinski definition) is 3. The van der Waals surface area contributed by atoms with Gasteiger partial charge in [0, 0.05) is 12.5 Å². The topological polar surface area (TPSA) is 145 Å². The van der Waals surface area contributed by atoms with Crippen molar-refractivity contribution in [1.29, 1.82) is 0 Å². The van der Waals surface area contributed by atoms with Crippen LogP contribution in [0.25, 0.3) is 0 Å². The number of fused-ring (bicyclic) bond motifs is 2. The standard InChI is InChI=1S/C13H20N4O7S/c18-11(8-3-1-2-4-8)14-15-12(19)10-6-5-9-7-16(10)13(20)17(9)24-25(21,22)23/h8-10H,1-7H2,(H,14,18)(H,15,19)(H,21,22,23)/t9?,10-/m0/s1. The maximum Gasteiger partial charge on any atom is 0.418 e. The number of carbonyl (C=O) groups is 3. The summed E-state index contributed by atoms with van der Waals surface area (Å²) < 4.78 is 34.7. The van der Waals surface area contributed by atoms with Gasteiger partial charge < -0.3 is 4.90 Å². The number of rotatable bonds is 4. The number of nitrogens with zero attached hydrogens (tertiary/aromatic N) is 2. The van der Waals surface area contributed by atoms with Crippen LogP contribution >= 0.6 is 0 Å². The number of urea groups is 1. The van der Waals surface area contributed by atoms with Gasteiger partial charge in [0.15, 0.2) is 0 Å². The number of hydrogen-bond acceptors (Lipinski definition) is 6. The van der Waals surface area contributed by atoms with E-state index in [0.717, 1.165) is 30.6 Å².